The third kappa shape index (κ3) is 4.96. The van der Waals surface area contributed by atoms with Gasteiger partial charge in [0.15, 0.2) is 0 Å². The second-order valence-corrected chi connectivity index (χ2v) is 5.30. The molecule has 0 saturated carbocycles. The highest BCUT2D eigenvalue weighted by atomic mass is 79.9. The minimum atomic E-state index is -0.303. The smallest absolute Gasteiger partial charge is 0.319 e. The van der Waals surface area contributed by atoms with E-state index in [1.807, 2.05) is 36.4 Å². The zero-order valence-electron chi connectivity index (χ0n) is 12.1. The van der Waals surface area contributed by atoms with Crippen molar-refractivity contribution in [2.75, 3.05) is 25.6 Å². The SMILES string of the molecule is COc1ccccc1NC(=O)NCCOc1cccc(Br)c1. The largest absolute Gasteiger partial charge is 0.495 e. The lowest BCUT2D eigenvalue weighted by atomic mass is 10.3. The quantitative estimate of drug-likeness (QED) is 0.769. The molecule has 0 aromatic heterocycles. The Morgan fingerprint density at radius 2 is 2.00 bits per heavy atom. The van der Waals surface area contributed by atoms with Crippen LogP contribution in [0.3, 0.4) is 0 Å². The van der Waals surface area contributed by atoms with Crippen molar-refractivity contribution in [1.29, 1.82) is 0 Å². The Bertz CT molecular complexity index is 634. The summed E-state index contributed by atoms with van der Waals surface area (Å²) in [7, 11) is 1.56. The van der Waals surface area contributed by atoms with Crippen LogP contribution in [0.15, 0.2) is 53.0 Å². The first-order chi connectivity index (χ1) is 10.7. The molecule has 2 rings (SSSR count). The minimum absolute atomic E-state index is 0.303. The van der Waals surface area contributed by atoms with E-state index in [4.69, 9.17) is 9.47 Å². The normalized spacial score (nSPS) is 9.91. The monoisotopic (exact) mass is 364 g/mol. The van der Waals surface area contributed by atoms with E-state index in [0.717, 1.165) is 10.2 Å². The fourth-order valence-electron chi connectivity index (χ4n) is 1.80. The van der Waals surface area contributed by atoms with Crippen molar-refractivity contribution in [1.82, 2.24) is 5.32 Å². The van der Waals surface area contributed by atoms with Gasteiger partial charge in [0.05, 0.1) is 19.3 Å². The summed E-state index contributed by atoms with van der Waals surface area (Å²) >= 11 is 3.37. The number of benzene rings is 2. The van der Waals surface area contributed by atoms with E-state index in [2.05, 4.69) is 26.6 Å². The Balaban J connectivity index is 1.74. The number of carbonyl (C=O) groups is 1. The molecule has 2 aromatic carbocycles. The number of ether oxygens (including phenoxy) is 2. The Labute approximate surface area is 137 Å². The van der Waals surface area contributed by atoms with Gasteiger partial charge >= 0.3 is 6.03 Å². The molecule has 0 unspecified atom stereocenters. The summed E-state index contributed by atoms with van der Waals surface area (Å²) in [6, 6.07) is 14.5. The first-order valence-electron chi connectivity index (χ1n) is 6.75. The molecular weight excluding hydrogens is 348 g/mol. The molecule has 0 fully saturated rings. The Kier molecular flexibility index (Phi) is 6.09. The number of rotatable bonds is 6. The van der Waals surface area contributed by atoms with Gasteiger partial charge in [-0.15, -0.1) is 0 Å². The summed E-state index contributed by atoms with van der Waals surface area (Å²) < 4.78 is 11.7. The van der Waals surface area contributed by atoms with E-state index < -0.39 is 0 Å². The van der Waals surface area contributed by atoms with E-state index in [-0.39, 0.29) is 6.03 Å². The first-order valence-corrected chi connectivity index (χ1v) is 7.54. The highest BCUT2D eigenvalue weighted by Gasteiger charge is 2.05. The van der Waals surface area contributed by atoms with Gasteiger partial charge in [-0.05, 0) is 30.3 Å². The fourth-order valence-corrected chi connectivity index (χ4v) is 2.18. The van der Waals surface area contributed by atoms with Crippen LogP contribution in [0.2, 0.25) is 0 Å². The topological polar surface area (TPSA) is 59.6 Å². The summed E-state index contributed by atoms with van der Waals surface area (Å²) in [6.07, 6.45) is 0. The molecule has 0 atom stereocenters. The third-order valence-electron chi connectivity index (χ3n) is 2.81. The van der Waals surface area contributed by atoms with Crippen LogP contribution in [0, 0.1) is 0 Å². The summed E-state index contributed by atoms with van der Waals surface area (Å²) in [5.41, 5.74) is 0.621. The molecule has 0 aliphatic carbocycles. The number of hydrogen-bond donors (Lipinski definition) is 2. The van der Waals surface area contributed by atoms with Crippen LogP contribution in [0.1, 0.15) is 0 Å². The number of halogens is 1. The Morgan fingerprint density at radius 3 is 2.77 bits per heavy atom. The Hall–Kier alpha value is -2.21. The summed E-state index contributed by atoms with van der Waals surface area (Å²) in [4.78, 5) is 11.8. The first kappa shape index (κ1) is 16.2. The summed E-state index contributed by atoms with van der Waals surface area (Å²) in [5.74, 6) is 1.37. The second kappa shape index (κ2) is 8.29. The molecule has 0 bridgehead atoms. The van der Waals surface area contributed by atoms with Crippen LogP contribution in [-0.4, -0.2) is 26.3 Å². The molecule has 0 aliphatic rings. The third-order valence-corrected chi connectivity index (χ3v) is 3.30. The summed E-state index contributed by atoms with van der Waals surface area (Å²) in [5, 5.41) is 5.46. The zero-order chi connectivity index (χ0) is 15.8. The number of methoxy groups -OCH3 is 1. The second-order valence-electron chi connectivity index (χ2n) is 4.39. The number of urea groups is 1. The molecule has 0 spiro atoms. The van der Waals surface area contributed by atoms with E-state index in [0.29, 0.717) is 24.6 Å². The Morgan fingerprint density at radius 1 is 1.18 bits per heavy atom. The number of nitrogens with one attached hydrogen (secondary N) is 2. The molecule has 6 heteroatoms. The molecule has 22 heavy (non-hydrogen) atoms. The van der Waals surface area contributed by atoms with E-state index in [1.54, 1.807) is 19.2 Å². The molecule has 0 radical (unpaired) electrons. The van der Waals surface area contributed by atoms with Gasteiger partial charge in [0, 0.05) is 4.47 Å². The molecule has 0 saturated heterocycles. The average molecular weight is 365 g/mol. The fraction of sp³-hybridized carbons (Fsp3) is 0.188. The number of hydrogen-bond acceptors (Lipinski definition) is 3. The lowest BCUT2D eigenvalue weighted by Crippen LogP contribution is -2.32. The van der Waals surface area contributed by atoms with Gasteiger partial charge in [-0.2, -0.15) is 0 Å². The van der Waals surface area contributed by atoms with Gasteiger partial charge in [0.25, 0.3) is 0 Å². The van der Waals surface area contributed by atoms with Crippen molar-refractivity contribution >= 4 is 27.6 Å². The van der Waals surface area contributed by atoms with E-state index >= 15 is 0 Å². The molecule has 0 aliphatic heterocycles. The van der Waals surface area contributed by atoms with Crippen LogP contribution in [0.5, 0.6) is 11.5 Å². The van der Waals surface area contributed by atoms with Crippen molar-refractivity contribution in [2.45, 2.75) is 0 Å². The number of anilines is 1. The minimum Gasteiger partial charge on any atom is -0.495 e. The van der Waals surface area contributed by atoms with Crippen LogP contribution < -0.4 is 20.1 Å². The number of carbonyl (C=O) groups excluding carboxylic acids is 1. The van der Waals surface area contributed by atoms with Gasteiger partial charge in [0.1, 0.15) is 18.1 Å². The lowest BCUT2D eigenvalue weighted by Gasteiger charge is -2.11. The average Bonchev–Trinajstić information content (AvgIpc) is 2.52. The maximum atomic E-state index is 11.8. The highest BCUT2D eigenvalue weighted by molar-refractivity contribution is 9.10. The lowest BCUT2D eigenvalue weighted by molar-refractivity contribution is 0.247. The summed E-state index contributed by atoms with van der Waals surface area (Å²) in [6.45, 7) is 0.781. The molecule has 2 amide bonds. The molecule has 0 heterocycles. The maximum absolute atomic E-state index is 11.8. The van der Waals surface area contributed by atoms with E-state index in [9.17, 15) is 4.79 Å². The number of amides is 2. The standard InChI is InChI=1S/C16H17BrN2O3/c1-21-15-8-3-2-7-14(15)19-16(20)18-9-10-22-13-6-4-5-12(17)11-13/h2-8,11H,9-10H2,1H3,(H2,18,19,20). The molecule has 5 nitrogen and oxygen atoms in total. The van der Waals surface area contributed by atoms with Crippen LogP contribution >= 0.6 is 15.9 Å². The van der Waals surface area contributed by atoms with E-state index in [1.165, 1.54) is 0 Å². The van der Waals surface area contributed by atoms with Crippen molar-refractivity contribution in [3.8, 4) is 11.5 Å². The van der Waals surface area contributed by atoms with Crippen LogP contribution in [0.25, 0.3) is 0 Å². The van der Waals surface area contributed by atoms with Crippen molar-refractivity contribution < 1.29 is 14.3 Å². The highest BCUT2D eigenvalue weighted by Crippen LogP contribution is 2.22. The molecule has 116 valence electrons. The van der Waals surface area contributed by atoms with Gasteiger partial charge in [0.2, 0.25) is 0 Å². The van der Waals surface area contributed by atoms with Crippen LogP contribution in [0.4, 0.5) is 10.5 Å². The number of para-hydroxylation sites is 2. The predicted octanol–water partition coefficient (Wildman–Crippen LogP) is 3.66. The predicted molar refractivity (Wildman–Crippen MR) is 89.7 cm³/mol. The van der Waals surface area contributed by atoms with Crippen molar-refractivity contribution in [3.05, 3.63) is 53.0 Å². The van der Waals surface area contributed by atoms with Crippen LogP contribution in [-0.2, 0) is 0 Å². The molecular formula is C16H17BrN2O3. The van der Waals surface area contributed by atoms with Crippen molar-refractivity contribution in [2.24, 2.45) is 0 Å². The molecule has 2 N–H and O–H groups in total. The van der Waals surface area contributed by atoms with Gasteiger partial charge in [-0.1, -0.05) is 34.1 Å². The van der Waals surface area contributed by atoms with Gasteiger partial charge < -0.3 is 20.1 Å². The maximum Gasteiger partial charge on any atom is 0.319 e. The molecule has 2 aromatic rings. The van der Waals surface area contributed by atoms with Gasteiger partial charge in [-0.25, -0.2) is 4.79 Å². The van der Waals surface area contributed by atoms with Crippen molar-refractivity contribution in [3.63, 3.8) is 0 Å². The zero-order valence-corrected chi connectivity index (χ0v) is 13.7. The van der Waals surface area contributed by atoms with Gasteiger partial charge in [-0.3, -0.25) is 0 Å².